The number of pyridine rings is 1. The Hall–Kier alpha value is -2.73. The second kappa shape index (κ2) is 7.70. The number of carbonyl (C=O) groups is 2. The molecule has 0 atom stereocenters. The van der Waals surface area contributed by atoms with E-state index in [1.165, 1.54) is 12.3 Å². The molecule has 1 aromatic heterocycles. The number of benzene rings is 1. The monoisotopic (exact) mass is 325 g/mol. The van der Waals surface area contributed by atoms with Crippen LogP contribution in [0, 0.1) is 0 Å². The van der Waals surface area contributed by atoms with Crippen molar-refractivity contribution in [2.75, 3.05) is 26.3 Å². The van der Waals surface area contributed by atoms with Gasteiger partial charge < -0.3 is 15.0 Å². The van der Waals surface area contributed by atoms with Crippen molar-refractivity contribution < 1.29 is 14.3 Å². The van der Waals surface area contributed by atoms with Crippen molar-refractivity contribution in [1.29, 1.82) is 0 Å². The molecule has 24 heavy (non-hydrogen) atoms. The van der Waals surface area contributed by atoms with Crippen LogP contribution < -0.4 is 5.32 Å². The fourth-order valence-electron chi connectivity index (χ4n) is 2.50. The van der Waals surface area contributed by atoms with Crippen molar-refractivity contribution in [3.05, 3.63) is 65.5 Å². The van der Waals surface area contributed by atoms with Gasteiger partial charge in [-0.2, -0.15) is 0 Å². The van der Waals surface area contributed by atoms with Gasteiger partial charge in [-0.3, -0.25) is 14.6 Å². The van der Waals surface area contributed by atoms with E-state index in [1.807, 2.05) is 30.3 Å². The van der Waals surface area contributed by atoms with Gasteiger partial charge in [0.15, 0.2) is 0 Å². The van der Waals surface area contributed by atoms with Gasteiger partial charge in [-0.25, -0.2) is 0 Å². The van der Waals surface area contributed by atoms with E-state index in [0.717, 1.165) is 5.56 Å². The Labute approximate surface area is 140 Å². The summed E-state index contributed by atoms with van der Waals surface area (Å²) in [6.45, 7) is 2.59. The second-order valence-electron chi connectivity index (χ2n) is 5.50. The maximum atomic E-state index is 12.4. The molecule has 0 radical (unpaired) electrons. The first-order valence-electron chi connectivity index (χ1n) is 7.89. The number of ether oxygens (including phenoxy) is 1. The molecule has 1 N–H and O–H groups in total. The molecule has 124 valence electrons. The minimum atomic E-state index is -0.225. The Balaban J connectivity index is 1.65. The molecule has 6 heteroatoms. The van der Waals surface area contributed by atoms with Gasteiger partial charge in [-0.1, -0.05) is 30.3 Å². The fourth-order valence-corrected chi connectivity index (χ4v) is 2.50. The number of amides is 2. The lowest BCUT2D eigenvalue weighted by molar-refractivity contribution is 0.0299. The van der Waals surface area contributed by atoms with Gasteiger partial charge in [0.25, 0.3) is 11.8 Å². The first kappa shape index (κ1) is 16.1. The number of hydrogen-bond acceptors (Lipinski definition) is 4. The van der Waals surface area contributed by atoms with Gasteiger partial charge in [0, 0.05) is 31.4 Å². The fraction of sp³-hybridized carbons (Fsp3) is 0.278. The Kier molecular flexibility index (Phi) is 5.18. The van der Waals surface area contributed by atoms with Crippen molar-refractivity contribution >= 4 is 11.8 Å². The van der Waals surface area contributed by atoms with E-state index in [4.69, 9.17) is 4.74 Å². The lowest BCUT2D eigenvalue weighted by Crippen LogP contribution is -2.41. The Morgan fingerprint density at radius 3 is 2.62 bits per heavy atom. The molecule has 0 bridgehead atoms. The normalized spacial score (nSPS) is 14.2. The molecular weight excluding hydrogens is 306 g/mol. The zero-order valence-electron chi connectivity index (χ0n) is 13.3. The summed E-state index contributed by atoms with van der Waals surface area (Å²) in [5.41, 5.74) is 1.73. The quantitative estimate of drug-likeness (QED) is 0.924. The average Bonchev–Trinajstić information content (AvgIpc) is 2.67. The van der Waals surface area contributed by atoms with Crippen molar-refractivity contribution in [1.82, 2.24) is 15.2 Å². The van der Waals surface area contributed by atoms with Crippen LogP contribution >= 0.6 is 0 Å². The molecule has 1 fully saturated rings. The molecule has 6 nitrogen and oxygen atoms in total. The largest absolute Gasteiger partial charge is 0.378 e. The first-order chi connectivity index (χ1) is 11.7. The summed E-state index contributed by atoms with van der Waals surface area (Å²) in [5.74, 6) is -0.395. The number of hydrogen-bond donors (Lipinski definition) is 1. The summed E-state index contributed by atoms with van der Waals surface area (Å²) >= 11 is 0. The SMILES string of the molecule is O=C(NCc1ccccc1)c1ccnc(C(=O)N2CCOCC2)c1. The Bertz CT molecular complexity index is 712. The van der Waals surface area contributed by atoms with E-state index in [2.05, 4.69) is 10.3 Å². The number of nitrogens with zero attached hydrogens (tertiary/aromatic N) is 2. The van der Waals surface area contributed by atoms with Crippen LogP contribution in [-0.2, 0) is 11.3 Å². The highest BCUT2D eigenvalue weighted by molar-refractivity contribution is 5.98. The molecule has 1 aliphatic heterocycles. The Morgan fingerprint density at radius 1 is 1.12 bits per heavy atom. The van der Waals surface area contributed by atoms with Crippen LogP contribution in [0.4, 0.5) is 0 Å². The summed E-state index contributed by atoms with van der Waals surface area (Å²) in [5, 5.41) is 2.85. The predicted molar refractivity (Wildman–Crippen MR) is 88.6 cm³/mol. The highest BCUT2D eigenvalue weighted by Gasteiger charge is 2.20. The topological polar surface area (TPSA) is 71.5 Å². The van der Waals surface area contributed by atoms with Gasteiger partial charge in [-0.05, 0) is 17.7 Å². The number of aromatic nitrogens is 1. The molecule has 0 aliphatic carbocycles. The zero-order chi connectivity index (χ0) is 16.8. The van der Waals surface area contributed by atoms with Gasteiger partial charge >= 0.3 is 0 Å². The van der Waals surface area contributed by atoms with Gasteiger partial charge in [0.2, 0.25) is 0 Å². The first-order valence-corrected chi connectivity index (χ1v) is 7.89. The van der Waals surface area contributed by atoms with Crippen molar-refractivity contribution in [2.24, 2.45) is 0 Å². The summed E-state index contributed by atoms with van der Waals surface area (Å²) in [7, 11) is 0. The summed E-state index contributed by atoms with van der Waals surface area (Å²) in [4.78, 5) is 30.5. The van der Waals surface area contributed by atoms with Crippen LogP contribution in [0.15, 0.2) is 48.7 Å². The third kappa shape index (κ3) is 3.97. The van der Waals surface area contributed by atoms with Crippen molar-refractivity contribution in [3.8, 4) is 0 Å². The standard InChI is InChI=1S/C18H19N3O3/c22-17(20-13-14-4-2-1-3-5-14)15-6-7-19-16(12-15)18(23)21-8-10-24-11-9-21/h1-7,12H,8-11,13H2,(H,20,22). The average molecular weight is 325 g/mol. The molecule has 0 unspecified atom stereocenters. The van der Waals surface area contributed by atoms with Crippen molar-refractivity contribution in [3.63, 3.8) is 0 Å². The smallest absolute Gasteiger partial charge is 0.272 e. The molecule has 2 heterocycles. The third-order valence-electron chi connectivity index (χ3n) is 3.84. The maximum Gasteiger partial charge on any atom is 0.272 e. The molecular formula is C18H19N3O3. The van der Waals surface area contributed by atoms with Crippen LogP contribution in [0.2, 0.25) is 0 Å². The van der Waals surface area contributed by atoms with Crippen LogP contribution in [0.25, 0.3) is 0 Å². The minimum Gasteiger partial charge on any atom is -0.378 e. The molecule has 1 saturated heterocycles. The molecule has 0 saturated carbocycles. The highest BCUT2D eigenvalue weighted by atomic mass is 16.5. The summed E-state index contributed by atoms with van der Waals surface area (Å²) < 4.78 is 5.24. The highest BCUT2D eigenvalue weighted by Crippen LogP contribution is 2.08. The number of carbonyl (C=O) groups excluding carboxylic acids is 2. The lowest BCUT2D eigenvalue weighted by atomic mass is 10.2. The number of nitrogens with one attached hydrogen (secondary N) is 1. The maximum absolute atomic E-state index is 12.4. The molecule has 1 aromatic carbocycles. The van der Waals surface area contributed by atoms with E-state index in [9.17, 15) is 9.59 Å². The van der Waals surface area contributed by atoms with Gasteiger partial charge in [0.1, 0.15) is 5.69 Å². The third-order valence-corrected chi connectivity index (χ3v) is 3.84. The van der Waals surface area contributed by atoms with E-state index in [1.54, 1.807) is 11.0 Å². The molecule has 3 rings (SSSR count). The summed E-state index contributed by atoms with van der Waals surface area (Å²) in [6.07, 6.45) is 1.49. The van der Waals surface area contributed by atoms with Crippen LogP contribution in [0.5, 0.6) is 0 Å². The van der Waals surface area contributed by atoms with Gasteiger partial charge in [-0.15, -0.1) is 0 Å². The lowest BCUT2D eigenvalue weighted by Gasteiger charge is -2.26. The minimum absolute atomic E-state index is 0.170. The van der Waals surface area contributed by atoms with Crippen LogP contribution in [0.3, 0.4) is 0 Å². The number of morpholine rings is 1. The van der Waals surface area contributed by atoms with Gasteiger partial charge in [0.05, 0.1) is 13.2 Å². The molecule has 0 spiro atoms. The van der Waals surface area contributed by atoms with E-state index < -0.39 is 0 Å². The molecule has 2 amide bonds. The number of rotatable bonds is 4. The van der Waals surface area contributed by atoms with Crippen molar-refractivity contribution in [2.45, 2.75) is 6.54 Å². The van der Waals surface area contributed by atoms with E-state index >= 15 is 0 Å². The Morgan fingerprint density at radius 2 is 1.88 bits per heavy atom. The van der Waals surface area contributed by atoms with Crippen LogP contribution in [-0.4, -0.2) is 48.0 Å². The molecule has 2 aromatic rings. The second-order valence-corrected chi connectivity index (χ2v) is 5.50. The zero-order valence-corrected chi connectivity index (χ0v) is 13.3. The van der Waals surface area contributed by atoms with E-state index in [-0.39, 0.29) is 17.5 Å². The predicted octanol–water partition coefficient (Wildman–Crippen LogP) is 1.48. The summed E-state index contributed by atoms with van der Waals surface area (Å²) in [6, 6.07) is 12.8. The molecule has 1 aliphatic rings. The van der Waals surface area contributed by atoms with Crippen LogP contribution in [0.1, 0.15) is 26.4 Å². The van der Waals surface area contributed by atoms with E-state index in [0.29, 0.717) is 38.4 Å².